The molecule has 3 saturated carbocycles. The molecule has 3 fully saturated rings. The van der Waals surface area contributed by atoms with Gasteiger partial charge in [0.25, 0.3) is 0 Å². The van der Waals surface area contributed by atoms with Crippen LogP contribution in [0.15, 0.2) is 35.5 Å². The van der Waals surface area contributed by atoms with Gasteiger partial charge in [-0.25, -0.2) is 0 Å². The maximum Gasteiger partial charge on any atom is 0.0811 e. The van der Waals surface area contributed by atoms with E-state index in [1.54, 1.807) is 0 Å². The molecular formula is C26H42O4. The summed E-state index contributed by atoms with van der Waals surface area (Å²) < 4.78 is 6.19. The van der Waals surface area contributed by atoms with Crippen molar-refractivity contribution in [3.8, 4) is 0 Å². The average molecular weight is 419 g/mol. The Morgan fingerprint density at radius 3 is 2.70 bits per heavy atom. The summed E-state index contributed by atoms with van der Waals surface area (Å²) in [5.41, 5.74) is 2.82. The quantitative estimate of drug-likeness (QED) is 0.585. The van der Waals surface area contributed by atoms with Gasteiger partial charge in [-0.05, 0) is 94.1 Å². The van der Waals surface area contributed by atoms with E-state index in [1.807, 2.05) is 13.8 Å². The number of hydrogen-bond donors (Lipinski definition) is 3. The van der Waals surface area contributed by atoms with Gasteiger partial charge in [0.2, 0.25) is 0 Å². The molecule has 0 heterocycles. The van der Waals surface area contributed by atoms with Crippen molar-refractivity contribution in [2.45, 2.75) is 103 Å². The van der Waals surface area contributed by atoms with Gasteiger partial charge in [0.05, 0.1) is 23.9 Å². The van der Waals surface area contributed by atoms with Gasteiger partial charge in [-0.1, -0.05) is 31.2 Å². The summed E-state index contributed by atoms with van der Waals surface area (Å²) >= 11 is 0. The summed E-state index contributed by atoms with van der Waals surface area (Å²) in [6.07, 6.45) is 11.0. The van der Waals surface area contributed by atoms with E-state index in [1.165, 1.54) is 31.3 Å². The van der Waals surface area contributed by atoms with Gasteiger partial charge in [-0.2, -0.15) is 0 Å². The lowest BCUT2D eigenvalue weighted by Crippen LogP contribution is -2.39. The summed E-state index contributed by atoms with van der Waals surface area (Å²) in [7, 11) is 0. The number of ether oxygens (including phenoxy) is 1. The number of aliphatic hydroxyl groups excluding tert-OH is 2. The van der Waals surface area contributed by atoms with Crippen molar-refractivity contribution in [2.75, 3.05) is 6.61 Å². The number of allylic oxidation sites excluding steroid dienone is 3. The Hall–Kier alpha value is -0.940. The molecule has 3 rings (SSSR count). The first-order valence-corrected chi connectivity index (χ1v) is 11.8. The minimum atomic E-state index is -0.680. The van der Waals surface area contributed by atoms with E-state index in [-0.39, 0.29) is 11.5 Å². The molecule has 6 atom stereocenters. The molecule has 3 N–H and O–H groups in total. The molecule has 0 amide bonds. The van der Waals surface area contributed by atoms with Crippen molar-refractivity contribution in [1.29, 1.82) is 0 Å². The molecule has 170 valence electrons. The molecule has 3 aliphatic rings. The summed E-state index contributed by atoms with van der Waals surface area (Å²) in [6.45, 7) is 13.0. The first kappa shape index (κ1) is 23.7. The van der Waals surface area contributed by atoms with Crippen LogP contribution in [0.3, 0.4) is 0 Å². The molecule has 0 aliphatic heterocycles. The Balaban J connectivity index is 1.70. The maximum absolute atomic E-state index is 10.1. The van der Waals surface area contributed by atoms with Gasteiger partial charge < -0.3 is 20.1 Å². The predicted octanol–water partition coefficient (Wildman–Crippen LogP) is 4.69. The van der Waals surface area contributed by atoms with Crippen molar-refractivity contribution >= 4 is 0 Å². The van der Waals surface area contributed by atoms with E-state index in [2.05, 4.69) is 32.6 Å². The molecule has 0 aromatic carbocycles. The molecule has 30 heavy (non-hydrogen) atoms. The lowest BCUT2D eigenvalue weighted by atomic mass is 9.62. The van der Waals surface area contributed by atoms with E-state index >= 15 is 0 Å². The van der Waals surface area contributed by atoms with Crippen LogP contribution < -0.4 is 0 Å². The number of fused-ring (bicyclic) bond motifs is 1. The van der Waals surface area contributed by atoms with Crippen molar-refractivity contribution in [2.24, 2.45) is 17.3 Å². The summed E-state index contributed by atoms with van der Waals surface area (Å²) in [5.74, 6) is 1.11. The van der Waals surface area contributed by atoms with Gasteiger partial charge in [0, 0.05) is 13.0 Å². The lowest BCUT2D eigenvalue weighted by molar-refractivity contribution is -0.0454. The van der Waals surface area contributed by atoms with Crippen LogP contribution in [0, 0.1) is 17.3 Å². The zero-order valence-electron chi connectivity index (χ0n) is 19.4. The van der Waals surface area contributed by atoms with Crippen molar-refractivity contribution < 1.29 is 20.1 Å². The fourth-order valence-corrected chi connectivity index (χ4v) is 6.13. The van der Waals surface area contributed by atoms with E-state index in [0.717, 1.165) is 17.6 Å². The van der Waals surface area contributed by atoms with Crippen LogP contribution in [0.4, 0.5) is 0 Å². The zero-order chi connectivity index (χ0) is 22.1. The van der Waals surface area contributed by atoms with E-state index in [9.17, 15) is 15.3 Å². The van der Waals surface area contributed by atoms with E-state index < -0.39 is 17.8 Å². The largest absolute Gasteiger partial charge is 0.393 e. The molecule has 0 spiro atoms. The van der Waals surface area contributed by atoms with E-state index in [0.29, 0.717) is 37.7 Å². The SMILES string of the molecule is C=C1/C(=C\C=C2/CCC[C@@]3(C)C2CCC3C(C)OCCC(C)(C)O)C[C@@H](O)C[C@@H]1O. The topological polar surface area (TPSA) is 69.9 Å². The normalized spacial score (nSPS) is 38.8. The average Bonchev–Trinajstić information content (AvgIpc) is 3.00. The monoisotopic (exact) mass is 418 g/mol. The highest BCUT2D eigenvalue weighted by Gasteiger charge is 2.51. The number of rotatable bonds is 6. The van der Waals surface area contributed by atoms with Gasteiger partial charge in [0.1, 0.15) is 0 Å². The Labute approximate surface area is 182 Å². The molecule has 0 radical (unpaired) electrons. The van der Waals surface area contributed by atoms with Crippen molar-refractivity contribution in [3.05, 3.63) is 35.5 Å². The molecule has 3 aliphatic carbocycles. The van der Waals surface area contributed by atoms with Gasteiger partial charge in [0.15, 0.2) is 0 Å². The van der Waals surface area contributed by atoms with Crippen molar-refractivity contribution in [1.82, 2.24) is 0 Å². The second kappa shape index (κ2) is 9.28. The van der Waals surface area contributed by atoms with Crippen molar-refractivity contribution in [3.63, 3.8) is 0 Å². The van der Waals surface area contributed by atoms with Gasteiger partial charge in [-0.15, -0.1) is 0 Å². The van der Waals surface area contributed by atoms with Crippen LogP contribution in [0.5, 0.6) is 0 Å². The Bertz CT molecular complexity index is 686. The minimum absolute atomic E-state index is 0.198. The molecule has 0 bridgehead atoms. The summed E-state index contributed by atoms with van der Waals surface area (Å²) in [4.78, 5) is 0. The third-order valence-electron chi connectivity index (χ3n) is 7.96. The molecular weight excluding hydrogens is 376 g/mol. The first-order chi connectivity index (χ1) is 14.0. The van der Waals surface area contributed by atoms with Crippen LogP contribution in [0.1, 0.15) is 79.1 Å². The van der Waals surface area contributed by atoms with Gasteiger partial charge >= 0.3 is 0 Å². The molecule has 4 heteroatoms. The minimum Gasteiger partial charge on any atom is -0.393 e. The molecule has 0 aromatic rings. The highest BCUT2D eigenvalue weighted by atomic mass is 16.5. The van der Waals surface area contributed by atoms with Crippen LogP contribution >= 0.6 is 0 Å². The fourth-order valence-electron chi connectivity index (χ4n) is 6.13. The highest BCUT2D eigenvalue weighted by molar-refractivity contribution is 5.38. The summed E-state index contributed by atoms with van der Waals surface area (Å²) in [6, 6.07) is 0. The molecule has 0 aromatic heterocycles. The van der Waals surface area contributed by atoms with Crippen LogP contribution in [-0.4, -0.2) is 45.8 Å². The second-order valence-corrected chi connectivity index (χ2v) is 10.8. The standard InChI is InChI=1S/C26H42O4/c1-17-20(15-21(27)16-24(17)28)9-8-19-7-6-12-26(5)22(10-11-23(19)26)18(2)30-14-13-25(3,4)29/h8-9,18,21-24,27-29H,1,6-7,10-16H2,2-5H3/b19-8+,20-9-/t18?,21-,22?,23?,24+,26-/m1/s1. The second-order valence-electron chi connectivity index (χ2n) is 10.8. The fraction of sp³-hybridized carbons (Fsp3) is 0.769. The predicted molar refractivity (Wildman–Crippen MR) is 121 cm³/mol. The number of aliphatic hydroxyl groups is 3. The highest BCUT2D eigenvalue weighted by Crippen LogP contribution is 2.58. The van der Waals surface area contributed by atoms with Gasteiger partial charge in [-0.3, -0.25) is 0 Å². The third-order valence-corrected chi connectivity index (χ3v) is 7.96. The summed E-state index contributed by atoms with van der Waals surface area (Å²) in [5, 5.41) is 30.1. The van der Waals surface area contributed by atoms with Crippen LogP contribution in [0.25, 0.3) is 0 Å². The Morgan fingerprint density at radius 1 is 1.27 bits per heavy atom. The molecule has 3 unspecified atom stereocenters. The lowest BCUT2D eigenvalue weighted by Gasteiger charge is -2.44. The Morgan fingerprint density at radius 2 is 2.00 bits per heavy atom. The molecule has 4 nitrogen and oxygen atoms in total. The smallest absolute Gasteiger partial charge is 0.0811 e. The Kier molecular flexibility index (Phi) is 7.33. The number of hydrogen-bond acceptors (Lipinski definition) is 4. The first-order valence-electron chi connectivity index (χ1n) is 11.8. The maximum atomic E-state index is 10.1. The third kappa shape index (κ3) is 5.27. The zero-order valence-corrected chi connectivity index (χ0v) is 19.4. The van der Waals surface area contributed by atoms with Crippen LogP contribution in [0.2, 0.25) is 0 Å². The van der Waals surface area contributed by atoms with Crippen LogP contribution in [-0.2, 0) is 4.74 Å². The molecule has 0 saturated heterocycles. The van der Waals surface area contributed by atoms with E-state index in [4.69, 9.17) is 4.74 Å².